The zero-order valence-electron chi connectivity index (χ0n) is 10.7. The van der Waals surface area contributed by atoms with Gasteiger partial charge in [-0.25, -0.2) is 14.4 Å². The van der Waals surface area contributed by atoms with Crippen LogP contribution in [0.25, 0.3) is 11.0 Å². The molecule has 2 aromatic heterocycles. The van der Waals surface area contributed by atoms with Crippen LogP contribution in [-0.4, -0.2) is 14.5 Å². The number of aromatic nitrogens is 3. The zero-order chi connectivity index (χ0) is 14.3. The van der Waals surface area contributed by atoms with E-state index in [1.807, 2.05) is 5.38 Å². The number of benzene rings is 1. The fourth-order valence-electron chi connectivity index (χ4n) is 2.16. The lowest BCUT2D eigenvalue weighted by atomic mass is 10.2. The summed E-state index contributed by atoms with van der Waals surface area (Å²) in [7, 11) is 0. The summed E-state index contributed by atoms with van der Waals surface area (Å²) >= 11 is 7.35. The van der Waals surface area contributed by atoms with Gasteiger partial charge in [-0.3, -0.25) is 0 Å². The molecule has 4 nitrogen and oxygen atoms in total. The van der Waals surface area contributed by atoms with Crippen molar-refractivity contribution in [1.82, 2.24) is 14.5 Å². The lowest BCUT2D eigenvalue weighted by molar-refractivity contribution is 0.608. The van der Waals surface area contributed by atoms with Crippen LogP contribution in [0.2, 0.25) is 5.02 Å². The lowest BCUT2D eigenvalue weighted by Gasteiger charge is -2.11. The van der Waals surface area contributed by atoms with Crippen LogP contribution >= 0.6 is 22.9 Å². The van der Waals surface area contributed by atoms with Crippen molar-refractivity contribution in [3.63, 3.8) is 0 Å². The van der Waals surface area contributed by atoms with E-state index in [0.29, 0.717) is 23.5 Å². The van der Waals surface area contributed by atoms with E-state index in [0.717, 1.165) is 5.01 Å². The summed E-state index contributed by atoms with van der Waals surface area (Å²) in [6, 6.07) is 2.86. The molecule has 1 aromatic carbocycles. The Morgan fingerprint density at radius 2 is 2.30 bits per heavy atom. The molecule has 1 atom stereocenters. The van der Waals surface area contributed by atoms with Gasteiger partial charge in [0.25, 0.3) is 0 Å². The third kappa shape index (κ3) is 2.25. The van der Waals surface area contributed by atoms with Crippen molar-refractivity contribution in [2.24, 2.45) is 0 Å². The number of nitrogens with zero attached hydrogens (tertiary/aromatic N) is 3. The van der Waals surface area contributed by atoms with Crippen molar-refractivity contribution in [3.8, 4) is 0 Å². The van der Waals surface area contributed by atoms with Crippen LogP contribution < -0.4 is 5.73 Å². The zero-order valence-corrected chi connectivity index (χ0v) is 12.2. The molecular formula is C13H12ClFN4S. The number of halogens is 2. The maximum absolute atomic E-state index is 13.6. The van der Waals surface area contributed by atoms with Gasteiger partial charge < -0.3 is 10.3 Å². The van der Waals surface area contributed by atoms with E-state index in [2.05, 4.69) is 16.9 Å². The standard InChI is InChI=1S/C13H12ClFN4S/c1-7(12-17-2-3-20-12)6-19-11-5-9(15)8(14)4-10(11)18-13(19)16/h2-5,7H,6H2,1H3,(H2,16,18). The average molecular weight is 311 g/mol. The monoisotopic (exact) mass is 310 g/mol. The highest BCUT2D eigenvalue weighted by molar-refractivity contribution is 7.09. The normalized spacial score (nSPS) is 12.9. The number of hydrogen-bond acceptors (Lipinski definition) is 4. The third-order valence-electron chi connectivity index (χ3n) is 3.15. The van der Waals surface area contributed by atoms with E-state index < -0.39 is 5.82 Å². The van der Waals surface area contributed by atoms with E-state index in [4.69, 9.17) is 17.3 Å². The molecule has 0 aliphatic heterocycles. The molecule has 3 rings (SSSR count). The Labute approximate surface area is 124 Å². The van der Waals surface area contributed by atoms with Gasteiger partial charge in [-0.1, -0.05) is 18.5 Å². The van der Waals surface area contributed by atoms with Crippen LogP contribution in [0, 0.1) is 5.82 Å². The second-order valence-corrected chi connectivity index (χ2v) is 5.94. The van der Waals surface area contributed by atoms with Gasteiger partial charge in [0.15, 0.2) is 0 Å². The van der Waals surface area contributed by atoms with Gasteiger partial charge in [0, 0.05) is 30.1 Å². The minimum atomic E-state index is -0.470. The molecule has 0 aliphatic rings. The predicted octanol–water partition coefficient (Wildman–Crippen LogP) is 3.67. The Morgan fingerprint density at radius 3 is 3.00 bits per heavy atom. The first-order valence-corrected chi connectivity index (χ1v) is 7.32. The molecule has 7 heteroatoms. The number of fused-ring (bicyclic) bond motifs is 1. The fourth-order valence-corrected chi connectivity index (χ4v) is 3.01. The number of nitrogen functional groups attached to an aromatic ring is 1. The second kappa shape index (κ2) is 5.03. The quantitative estimate of drug-likeness (QED) is 0.803. The van der Waals surface area contributed by atoms with Crippen molar-refractivity contribution < 1.29 is 4.39 Å². The molecule has 0 saturated heterocycles. The first-order valence-electron chi connectivity index (χ1n) is 6.06. The maximum atomic E-state index is 13.6. The highest BCUT2D eigenvalue weighted by Gasteiger charge is 2.16. The molecule has 0 saturated carbocycles. The van der Waals surface area contributed by atoms with Gasteiger partial charge in [0.05, 0.1) is 21.1 Å². The van der Waals surface area contributed by atoms with E-state index >= 15 is 0 Å². The van der Waals surface area contributed by atoms with Crippen molar-refractivity contribution >= 4 is 39.9 Å². The lowest BCUT2D eigenvalue weighted by Crippen LogP contribution is -2.09. The molecule has 0 bridgehead atoms. The molecule has 104 valence electrons. The van der Waals surface area contributed by atoms with Crippen LogP contribution in [0.3, 0.4) is 0 Å². The highest BCUT2D eigenvalue weighted by atomic mass is 35.5. The minimum absolute atomic E-state index is 0.0510. The van der Waals surface area contributed by atoms with E-state index in [-0.39, 0.29) is 10.9 Å². The van der Waals surface area contributed by atoms with Crippen LogP contribution in [0.5, 0.6) is 0 Å². The van der Waals surface area contributed by atoms with Gasteiger partial charge in [-0.2, -0.15) is 0 Å². The summed E-state index contributed by atoms with van der Waals surface area (Å²) in [5, 5.41) is 3.00. The average Bonchev–Trinajstić information content (AvgIpc) is 3.01. The van der Waals surface area contributed by atoms with Gasteiger partial charge in [-0.05, 0) is 6.07 Å². The van der Waals surface area contributed by atoms with Gasteiger partial charge in [0.2, 0.25) is 5.95 Å². The number of nitrogens with two attached hydrogens (primary N) is 1. The maximum Gasteiger partial charge on any atom is 0.201 e. The van der Waals surface area contributed by atoms with Crippen LogP contribution in [0.15, 0.2) is 23.7 Å². The van der Waals surface area contributed by atoms with Crippen LogP contribution in [0.1, 0.15) is 17.8 Å². The highest BCUT2D eigenvalue weighted by Crippen LogP contribution is 2.27. The second-order valence-electron chi connectivity index (χ2n) is 4.61. The molecular weight excluding hydrogens is 299 g/mol. The Kier molecular flexibility index (Phi) is 3.35. The van der Waals surface area contributed by atoms with Gasteiger partial charge in [0.1, 0.15) is 5.82 Å². The first-order chi connectivity index (χ1) is 9.56. The summed E-state index contributed by atoms with van der Waals surface area (Å²) in [6.45, 7) is 2.65. The Bertz CT molecular complexity index is 753. The molecule has 0 fully saturated rings. The fraction of sp³-hybridized carbons (Fsp3) is 0.231. The Hall–Kier alpha value is -1.66. The molecule has 3 aromatic rings. The SMILES string of the molecule is CC(Cn1c(N)nc2cc(Cl)c(F)cc21)c1nccs1. The first kappa shape index (κ1) is 13.3. The smallest absolute Gasteiger partial charge is 0.201 e. The number of thiazole rings is 1. The summed E-state index contributed by atoms with van der Waals surface area (Å²) in [5.41, 5.74) is 7.17. The molecule has 2 heterocycles. The van der Waals surface area contributed by atoms with Crippen LogP contribution in [0.4, 0.5) is 10.3 Å². The van der Waals surface area contributed by atoms with E-state index in [1.54, 1.807) is 22.1 Å². The summed E-state index contributed by atoms with van der Waals surface area (Å²) in [4.78, 5) is 8.51. The Morgan fingerprint density at radius 1 is 1.50 bits per heavy atom. The van der Waals surface area contributed by atoms with E-state index in [1.165, 1.54) is 12.1 Å². The molecule has 2 N–H and O–H groups in total. The van der Waals surface area contributed by atoms with E-state index in [9.17, 15) is 4.39 Å². The van der Waals surface area contributed by atoms with Crippen LogP contribution in [-0.2, 0) is 6.54 Å². The van der Waals surface area contributed by atoms with Crippen molar-refractivity contribution in [3.05, 3.63) is 39.6 Å². The minimum Gasteiger partial charge on any atom is -0.369 e. The van der Waals surface area contributed by atoms with Gasteiger partial charge in [-0.15, -0.1) is 11.3 Å². The van der Waals surface area contributed by atoms with Crippen molar-refractivity contribution in [2.75, 3.05) is 5.73 Å². The largest absolute Gasteiger partial charge is 0.369 e. The summed E-state index contributed by atoms with van der Waals surface area (Å²) in [5.74, 6) is 0.0562. The molecule has 0 spiro atoms. The predicted molar refractivity (Wildman–Crippen MR) is 79.6 cm³/mol. The molecule has 0 amide bonds. The number of anilines is 1. The van der Waals surface area contributed by atoms with Gasteiger partial charge >= 0.3 is 0 Å². The third-order valence-corrected chi connectivity index (χ3v) is 4.45. The summed E-state index contributed by atoms with van der Waals surface area (Å²) in [6.07, 6.45) is 1.77. The summed E-state index contributed by atoms with van der Waals surface area (Å²) < 4.78 is 15.4. The molecule has 0 radical (unpaired) electrons. The topological polar surface area (TPSA) is 56.7 Å². The Balaban J connectivity index is 2.03. The molecule has 1 unspecified atom stereocenters. The number of rotatable bonds is 3. The number of imidazole rings is 1. The van der Waals surface area contributed by atoms with Crippen molar-refractivity contribution in [2.45, 2.75) is 19.4 Å². The van der Waals surface area contributed by atoms with Crippen molar-refractivity contribution in [1.29, 1.82) is 0 Å². The molecule has 20 heavy (non-hydrogen) atoms. The molecule has 0 aliphatic carbocycles. The number of hydrogen-bond donors (Lipinski definition) is 1.